The van der Waals surface area contributed by atoms with E-state index in [0.29, 0.717) is 32.1 Å². The molecule has 5 unspecified atom stereocenters. The van der Waals surface area contributed by atoms with Crippen molar-refractivity contribution in [2.24, 2.45) is 0 Å². The number of rotatable bonds is 71. The molecule has 0 saturated carbocycles. The normalized spacial score (nSPS) is 14.7. The van der Waals surface area contributed by atoms with E-state index in [0.717, 1.165) is 141 Å². The second-order valence-corrected chi connectivity index (χ2v) is 28.1. The summed E-state index contributed by atoms with van der Waals surface area (Å²) < 4.78 is 68.4. The van der Waals surface area contributed by atoms with Crippen LogP contribution in [0.4, 0.5) is 0 Å². The maximum Gasteiger partial charge on any atom is 0.472 e. The third kappa shape index (κ3) is 71.6. The quantitative estimate of drug-likeness (QED) is 0.0169. The maximum atomic E-state index is 13.1. The van der Waals surface area contributed by atoms with Gasteiger partial charge in [0.1, 0.15) is 19.3 Å². The number of ether oxygens (including phenoxy) is 4. The summed E-state index contributed by atoms with van der Waals surface area (Å²) in [7, 11) is -9.98. The fraction of sp³-hybridized carbons (Fsp3) is 0.679. The first kappa shape index (κ1) is 95.2. The molecule has 0 bridgehead atoms. The molecule has 0 amide bonds. The van der Waals surface area contributed by atoms with Gasteiger partial charge in [0.15, 0.2) is 12.2 Å². The minimum Gasteiger partial charge on any atom is -0.462 e. The SMILES string of the molecule is CC/C=C\C/C=C\C/C=C\C/C=C\C/C=C\CCCC(=O)OCC(COP(=O)(O)OCC(O)COP(=O)(O)OCC(COC(=O)CCCC/C=C\C/C=C\C/C=C\C/C=C\CC)OC(=O)CCCCCCC/C=C\C/C=C\CCCCC)OC(=O)CCCCCCCCCCCCCCC. The van der Waals surface area contributed by atoms with Gasteiger partial charge < -0.3 is 33.8 Å². The number of hydrogen-bond acceptors (Lipinski definition) is 15. The van der Waals surface area contributed by atoms with Crippen LogP contribution in [0, 0.1) is 0 Å². The van der Waals surface area contributed by atoms with Crippen LogP contribution in [0.5, 0.6) is 0 Å². The zero-order valence-corrected chi connectivity index (χ0v) is 64.1. The fourth-order valence-electron chi connectivity index (χ4n) is 9.81. The van der Waals surface area contributed by atoms with E-state index >= 15 is 0 Å². The number of phosphoric ester groups is 2. The summed E-state index contributed by atoms with van der Waals surface area (Å²) in [6, 6.07) is 0. The molecule has 19 heteroatoms. The van der Waals surface area contributed by atoms with Crippen LogP contribution in [0.2, 0.25) is 0 Å². The molecular weight excluding hydrogens is 1310 g/mol. The van der Waals surface area contributed by atoms with E-state index in [9.17, 15) is 43.2 Å². The molecular formula is C81H136O17P2. The Morgan fingerprint density at radius 1 is 0.290 bits per heavy atom. The highest BCUT2D eigenvalue weighted by Crippen LogP contribution is 2.45. The average Bonchev–Trinajstić information content (AvgIpc) is 0.965. The molecule has 5 atom stereocenters. The standard InChI is InChI=1S/C81H136O17P2/c1-5-9-13-17-21-25-29-33-36-37-40-43-46-50-54-58-62-66-79(84)92-71-76(97-80(85)67-63-59-55-51-47-41-32-28-24-20-16-12-8-4)73-95-99(87,88)93-69-75(82)70-94-100(89,90)96-74-77(98-81(86)68-64-60-56-52-48-44-39-35-31-27-23-19-15-11-7-3)72-91-78(83)65-61-57-53-49-45-42-38-34-30-26-22-18-14-10-6-2/h9-10,13-14,21-23,25-27,33-36,38-40,43,45,49-50,54,75-77,82H,5-8,11-12,15-20,24,28-32,37,41-42,44,46-48,51-53,55-74H2,1-4H3,(H,87,88)(H,89,90)/b13-9-,14-10-,25-21-,26-22-,27-23-,36-33-,38-34-,39-35-,43-40-,49-45-,54-50-. The molecule has 0 aliphatic rings. The number of phosphoric acid groups is 2. The Kier molecular flexibility index (Phi) is 69.1. The Hall–Kier alpha value is -4.80. The van der Waals surface area contributed by atoms with Gasteiger partial charge in [-0.15, -0.1) is 0 Å². The Morgan fingerprint density at radius 2 is 0.530 bits per heavy atom. The monoisotopic (exact) mass is 1440 g/mol. The van der Waals surface area contributed by atoms with E-state index in [2.05, 4.69) is 149 Å². The molecule has 3 N–H and O–H groups in total. The summed E-state index contributed by atoms with van der Waals surface area (Å²) in [4.78, 5) is 72.9. The summed E-state index contributed by atoms with van der Waals surface area (Å²) in [6.45, 7) is 4.49. The molecule has 0 aliphatic heterocycles. The highest BCUT2D eigenvalue weighted by molar-refractivity contribution is 7.47. The predicted octanol–water partition coefficient (Wildman–Crippen LogP) is 22.1. The van der Waals surface area contributed by atoms with Crippen LogP contribution < -0.4 is 0 Å². The lowest BCUT2D eigenvalue weighted by molar-refractivity contribution is -0.161. The van der Waals surface area contributed by atoms with Gasteiger partial charge in [-0.05, 0) is 135 Å². The first-order valence-corrected chi connectivity index (χ1v) is 41.4. The summed E-state index contributed by atoms with van der Waals surface area (Å²) in [6.07, 6.45) is 80.2. The number of carbonyl (C=O) groups is 4. The zero-order chi connectivity index (χ0) is 73.2. The second kappa shape index (κ2) is 72.5. The summed E-state index contributed by atoms with van der Waals surface area (Å²) >= 11 is 0. The van der Waals surface area contributed by atoms with Crippen molar-refractivity contribution >= 4 is 39.5 Å². The van der Waals surface area contributed by atoms with Gasteiger partial charge >= 0.3 is 39.5 Å². The van der Waals surface area contributed by atoms with Crippen LogP contribution in [0.15, 0.2) is 134 Å². The second-order valence-electron chi connectivity index (χ2n) is 25.2. The molecule has 17 nitrogen and oxygen atoms in total. The van der Waals surface area contributed by atoms with Gasteiger partial charge in [-0.3, -0.25) is 37.3 Å². The van der Waals surface area contributed by atoms with Crippen molar-refractivity contribution in [3.8, 4) is 0 Å². The van der Waals surface area contributed by atoms with Gasteiger partial charge in [-0.1, -0.05) is 271 Å². The summed E-state index contributed by atoms with van der Waals surface area (Å²) in [5.41, 5.74) is 0. The van der Waals surface area contributed by atoms with Crippen molar-refractivity contribution in [3.63, 3.8) is 0 Å². The Labute approximate surface area is 605 Å². The third-order valence-electron chi connectivity index (χ3n) is 15.6. The Balaban J connectivity index is 5.44. The highest BCUT2D eigenvalue weighted by atomic mass is 31.2. The lowest BCUT2D eigenvalue weighted by Gasteiger charge is -2.21. The van der Waals surface area contributed by atoms with E-state index < -0.39 is 97.5 Å². The van der Waals surface area contributed by atoms with Crippen molar-refractivity contribution < 1.29 is 80.2 Å². The van der Waals surface area contributed by atoms with Crippen LogP contribution in [-0.2, 0) is 65.4 Å². The number of aliphatic hydroxyl groups excluding tert-OH is 1. The van der Waals surface area contributed by atoms with Crippen LogP contribution in [-0.4, -0.2) is 96.7 Å². The number of unbranched alkanes of at least 4 members (excludes halogenated alkanes) is 23. The maximum absolute atomic E-state index is 13.1. The van der Waals surface area contributed by atoms with E-state index in [4.69, 9.17) is 37.0 Å². The van der Waals surface area contributed by atoms with Crippen LogP contribution in [0.25, 0.3) is 0 Å². The van der Waals surface area contributed by atoms with Gasteiger partial charge in [0, 0.05) is 25.7 Å². The first-order chi connectivity index (χ1) is 48.7. The van der Waals surface area contributed by atoms with Gasteiger partial charge in [0.25, 0.3) is 0 Å². The van der Waals surface area contributed by atoms with E-state index in [-0.39, 0.29) is 25.7 Å². The number of esters is 4. The Morgan fingerprint density at radius 3 is 0.880 bits per heavy atom. The van der Waals surface area contributed by atoms with Gasteiger partial charge in [-0.25, -0.2) is 9.13 Å². The molecule has 0 aromatic rings. The van der Waals surface area contributed by atoms with E-state index in [1.54, 1.807) is 0 Å². The molecule has 0 aliphatic carbocycles. The number of hydrogen-bond donors (Lipinski definition) is 3. The number of aliphatic hydroxyl groups is 1. The molecule has 0 radical (unpaired) electrons. The van der Waals surface area contributed by atoms with Gasteiger partial charge in [0.05, 0.1) is 26.4 Å². The number of carbonyl (C=O) groups excluding carboxylic acids is 4. The largest absolute Gasteiger partial charge is 0.472 e. The number of allylic oxidation sites excluding steroid dienone is 22. The topological polar surface area (TPSA) is 237 Å². The molecule has 0 saturated heterocycles. The zero-order valence-electron chi connectivity index (χ0n) is 62.3. The van der Waals surface area contributed by atoms with Crippen molar-refractivity contribution in [1.82, 2.24) is 0 Å². The minimum absolute atomic E-state index is 0.0659. The molecule has 0 aromatic heterocycles. The predicted molar refractivity (Wildman–Crippen MR) is 408 cm³/mol. The van der Waals surface area contributed by atoms with Gasteiger partial charge in [0.2, 0.25) is 0 Å². The van der Waals surface area contributed by atoms with Crippen molar-refractivity contribution in [2.45, 2.75) is 316 Å². The van der Waals surface area contributed by atoms with Crippen molar-refractivity contribution in [1.29, 1.82) is 0 Å². The molecule has 0 fully saturated rings. The smallest absolute Gasteiger partial charge is 0.462 e. The highest BCUT2D eigenvalue weighted by Gasteiger charge is 2.30. The minimum atomic E-state index is -4.99. The third-order valence-corrected chi connectivity index (χ3v) is 17.5. The molecule has 0 heterocycles. The summed E-state index contributed by atoms with van der Waals surface area (Å²) in [5, 5.41) is 10.6. The lowest BCUT2D eigenvalue weighted by Crippen LogP contribution is -2.30. The lowest BCUT2D eigenvalue weighted by atomic mass is 10.0. The van der Waals surface area contributed by atoms with Crippen molar-refractivity contribution in [3.05, 3.63) is 134 Å². The molecule has 0 spiro atoms. The van der Waals surface area contributed by atoms with Crippen molar-refractivity contribution in [2.75, 3.05) is 39.6 Å². The summed E-state index contributed by atoms with van der Waals surface area (Å²) in [5.74, 6) is -2.30. The van der Waals surface area contributed by atoms with E-state index in [1.807, 2.05) is 12.2 Å². The van der Waals surface area contributed by atoms with Crippen LogP contribution in [0.3, 0.4) is 0 Å². The fourth-order valence-corrected chi connectivity index (χ4v) is 11.4. The van der Waals surface area contributed by atoms with E-state index in [1.165, 1.54) is 70.6 Å². The molecule has 100 heavy (non-hydrogen) atoms. The first-order valence-electron chi connectivity index (χ1n) is 38.4. The molecule has 0 aromatic carbocycles. The molecule has 572 valence electrons. The van der Waals surface area contributed by atoms with Gasteiger partial charge in [-0.2, -0.15) is 0 Å². The average molecular weight is 1440 g/mol. The molecule has 0 rings (SSSR count). The Bertz CT molecular complexity index is 2420. The van der Waals surface area contributed by atoms with Crippen LogP contribution >= 0.6 is 15.6 Å². The van der Waals surface area contributed by atoms with Crippen LogP contribution in [0.1, 0.15) is 297 Å².